The molecule has 3 N–H and O–H groups in total. The normalized spacial score (nSPS) is 11.3. The zero-order valence-electron chi connectivity index (χ0n) is 20.9. The molecule has 0 saturated carbocycles. The summed E-state index contributed by atoms with van der Waals surface area (Å²) in [6, 6.07) is 20.7. The molecule has 1 heterocycles. The van der Waals surface area contributed by atoms with E-state index >= 15 is 0 Å². The number of nitro benzene ring substituents is 1. The van der Waals surface area contributed by atoms with E-state index < -0.39 is 10.9 Å². The Balaban J connectivity index is 1.65. The van der Waals surface area contributed by atoms with Gasteiger partial charge in [-0.2, -0.15) is 0 Å². The molecule has 0 atom stereocenters. The van der Waals surface area contributed by atoms with Crippen LogP contribution in [0.3, 0.4) is 0 Å². The smallest absolute Gasteiger partial charge is 0.335 e. The van der Waals surface area contributed by atoms with Crippen LogP contribution in [-0.4, -0.2) is 30.8 Å². The molecule has 39 heavy (non-hydrogen) atoms. The molecule has 10 heteroatoms. The first kappa shape index (κ1) is 25.2. The van der Waals surface area contributed by atoms with Crippen molar-refractivity contribution in [1.82, 2.24) is 4.57 Å². The third-order valence-electron chi connectivity index (χ3n) is 6.55. The fraction of sp³-hybridized carbons (Fsp3) is 0.0690. The van der Waals surface area contributed by atoms with Crippen molar-refractivity contribution >= 4 is 33.9 Å². The van der Waals surface area contributed by atoms with Gasteiger partial charge in [0.15, 0.2) is 11.4 Å². The van der Waals surface area contributed by atoms with Crippen LogP contribution < -0.4 is 0 Å². The van der Waals surface area contributed by atoms with Gasteiger partial charge in [0, 0.05) is 28.8 Å². The van der Waals surface area contributed by atoms with Crippen molar-refractivity contribution in [3.63, 3.8) is 0 Å². The number of nitrogens with zero attached hydrogens (tertiary/aromatic N) is 4. The number of para-hydroxylation sites is 1. The van der Waals surface area contributed by atoms with Crippen molar-refractivity contribution in [2.24, 2.45) is 10.2 Å². The van der Waals surface area contributed by atoms with Crippen molar-refractivity contribution in [2.75, 3.05) is 0 Å². The summed E-state index contributed by atoms with van der Waals surface area (Å²) in [6.45, 7) is 3.91. The number of rotatable bonds is 6. The van der Waals surface area contributed by atoms with Crippen LogP contribution in [0.2, 0.25) is 0 Å². The second-order valence-electron chi connectivity index (χ2n) is 8.99. The van der Waals surface area contributed by atoms with Crippen LogP contribution in [0.5, 0.6) is 11.6 Å². The Morgan fingerprint density at radius 1 is 0.897 bits per heavy atom. The molecule has 0 bridgehead atoms. The Labute approximate surface area is 221 Å². The first-order chi connectivity index (χ1) is 18.7. The van der Waals surface area contributed by atoms with E-state index in [-0.39, 0.29) is 34.3 Å². The fourth-order valence-electron chi connectivity index (χ4n) is 4.36. The largest absolute Gasteiger partial charge is 0.505 e. The highest BCUT2D eigenvalue weighted by atomic mass is 16.6. The van der Waals surface area contributed by atoms with Crippen molar-refractivity contribution in [3.8, 4) is 28.4 Å². The van der Waals surface area contributed by atoms with Crippen LogP contribution in [0, 0.1) is 24.0 Å². The second-order valence-corrected chi connectivity index (χ2v) is 8.99. The molecule has 0 saturated heterocycles. The summed E-state index contributed by atoms with van der Waals surface area (Å²) in [5.74, 6) is -1.62. The number of aryl methyl sites for hydroxylation is 2. The second kappa shape index (κ2) is 9.75. The summed E-state index contributed by atoms with van der Waals surface area (Å²) >= 11 is 0. The van der Waals surface area contributed by atoms with Crippen LogP contribution in [-0.2, 0) is 0 Å². The number of aromatic hydroxyl groups is 2. The van der Waals surface area contributed by atoms with Crippen LogP contribution in [0.1, 0.15) is 21.5 Å². The lowest BCUT2D eigenvalue weighted by Crippen LogP contribution is -1.95. The Hall–Kier alpha value is -5.51. The molecule has 194 valence electrons. The average Bonchev–Trinajstić information content (AvgIpc) is 3.20. The zero-order chi connectivity index (χ0) is 27.8. The molecule has 5 rings (SSSR count). The van der Waals surface area contributed by atoms with Crippen LogP contribution in [0.4, 0.5) is 17.1 Å². The lowest BCUT2D eigenvalue weighted by atomic mass is 10.0. The van der Waals surface area contributed by atoms with Gasteiger partial charge in [-0.3, -0.25) is 14.7 Å². The molecule has 4 aromatic carbocycles. The number of carboxylic acid groups (broad SMARTS) is 1. The van der Waals surface area contributed by atoms with E-state index in [4.69, 9.17) is 0 Å². The monoisotopic (exact) mass is 522 g/mol. The fourth-order valence-corrected chi connectivity index (χ4v) is 4.36. The van der Waals surface area contributed by atoms with Gasteiger partial charge in [0.1, 0.15) is 5.69 Å². The molecular formula is C29H22N4O6. The summed E-state index contributed by atoms with van der Waals surface area (Å²) in [5, 5.41) is 51.6. The van der Waals surface area contributed by atoms with Crippen LogP contribution >= 0.6 is 0 Å². The molecular weight excluding hydrogens is 500 g/mol. The highest BCUT2D eigenvalue weighted by Crippen LogP contribution is 2.44. The zero-order valence-corrected chi connectivity index (χ0v) is 20.9. The van der Waals surface area contributed by atoms with Gasteiger partial charge in [0.2, 0.25) is 5.88 Å². The topological polar surface area (TPSA) is 151 Å². The number of phenols is 1. The van der Waals surface area contributed by atoms with Crippen LogP contribution in [0.25, 0.3) is 27.7 Å². The van der Waals surface area contributed by atoms with Crippen molar-refractivity contribution in [1.29, 1.82) is 0 Å². The number of non-ortho nitro benzene ring substituents is 1. The Morgan fingerprint density at radius 2 is 1.67 bits per heavy atom. The number of carboxylic acids is 1. The van der Waals surface area contributed by atoms with Crippen molar-refractivity contribution in [2.45, 2.75) is 13.8 Å². The van der Waals surface area contributed by atoms with Crippen molar-refractivity contribution in [3.05, 3.63) is 106 Å². The standard InChI is InChI=1S/C29H22N4O6/c1-16-9-10-20(13-17(16)2)32-25-12-11-21(33(38)39)15-23(25)26(28(32)35)31-30-24-8-4-7-22(27(24)34)18-5-3-6-19(14-18)29(36)37/h3-15,34-35H,1-2H3,(H,36,37). The van der Waals surface area contributed by atoms with Gasteiger partial charge in [0.25, 0.3) is 5.69 Å². The number of carbonyl (C=O) groups is 1. The Kier molecular flexibility index (Phi) is 6.29. The highest BCUT2D eigenvalue weighted by Gasteiger charge is 2.21. The number of fused-ring (bicyclic) bond motifs is 1. The molecule has 0 aliphatic heterocycles. The van der Waals surface area contributed by atoms with Gasteiger partial charge < -0.3 is 15.3 Å². The highest BCUT2D eigenvalue weighted by molar-refractivity contribution is 5.98. The molecule has 1 aromatic heterocycles. The number of nitro groups is 1. The van der Waals surface area contributed by atoms with E-state index in [0.29, 0.717) is 27.7 Å². The number of phenolic OH excluding ortho intramolecular Hbond substituents is 1. The SMILES string of the molecule is Cc1ccc(-n2c(O)c(N=Nc3cccc(-c4cccc(C(=O)O)c4)c3O)c3cc([N+](=O)[O-])ccc32)cc1C. The molecule has 5 aromatic rings. The van der Waals surface area contributed by atoms with Gasteiger partial charge in [-0.05, 0) is 66.9 Å². The van der Waals surface area contributed by atoms with Gasteiger partial charge in [-0.15, -0.1) is 10.2 Å². The Morgan fingerprint density at radius 3 is 2.38 bits per heavy atom. The maximum atomic E-state index is 11.5. The summed E-state index contributed by atoms with van der Waals surface area (Å²) in [7, 11) is 0. The third-order valence-corrected chi connectivity index (χ3v) is 6.55. The Bertz CT molecular complexity index is 1820. The van der Waals surface area contributed by atoms with Gasteiger partial charge in [-0.25, -0.2) is 4.79 Å². The predicted molar refractivity (Wildman–Crippen MR) is 146 cm³/mol. The quantitative estimate of drug-likeness (QED) is 0.120. The summed E-state index contributed by atoms with van der Waals surface area (Å²) in [6.07, 6.45) is 0. The average molecular weight is 523 g/mol. The van der Waals surface area contributed by atoms with Gasteiger partial charge >= 0.3 is 5.97 Å². The van der Waals surface area contributed by atoms with E-state index in [9.17, 15) is 30.2 Å². The molecule has 0 spiro atoms. The molecule has 0 aliphatic rings. The van der Waals surface area contributed by atoms with E-state index in [1.165, 1.54) is 41.0 Å². The first-order valence-electron chi connectivity index (χ1n) is 11.8. The van der Waals surface area contributed by atoms with E-state index in [0.717, 1.165) is 11.1 Å². The lowest BCUT2D eigenvalue weighted by molar-refractivity contribution is -0.384. The first-order valence-corrected chi connectivity index (χ1v) is 11.8. The maximum absolute atomic E-state index is 11.5. The van der Waals surface area contributed by atoms with E-state index in [2.05, 4.69) is 10.2 Å². The summed E-state index contributed by atoms with van der Waals surface area (Å²) < 4.78 is 1.54. The van der Waals surface area contributed by atoms with E-state index in [1.807, 2.05) is 32.0 Å². The van der Waals surface area contributed by atoms with Crippen LogP contribution in [0.15, 0.2) is 89.1 Å². The number of hydrogen-bond donors (Lipinski definition) is 3. The summed E-state index contributed by atoms with van der Waals surface area (Å²) in [4.78, 5) is 22.3. The molecule has 0 amide bonds. The molecule has 0 fully saturated rings. The summed E-state index contributed by atoms with van der Waals surface area (Å²) in [5.41, 5.74) is 3.92. The van der Waals surface area contributed by atoms with Gasteiger partial charge in [0.05, 0.1) is 16.0 Å². The minimum absolute atomic E-state index is 0.00962. The lowest BCUT2D eigenvalue weighted by Gasteiger charge is -2.09. The maximum Gasteiger partial charge on any atom is 0.335 e. The minimum Gasteiger partial charge on any atom is -0.505 e. The molecule has 0 aliphatic carbocycles. The number of hydrogen-bond acceptors (Lipinski definition) is 7. The molecule has 10 nitrogen and oxygen atoms in total. The van der Waals surface area contributed by atoms with Crippen molar-refractivity contribution < 1.29 is 25.0 Å². The third kappa shape index (κ3) is 4.55. The van der Waals surface area contributed by atoms with Gasteiger partial charge in [-0.1, -0.05) is 30.3 Å². The molecule has 0 unspecified atom stereocenters. The minimum atomic E-state index is -1.10. The predicted octanol–water partition coefficient (Wildman–Crippen LogP) is 7.35. The number of benzene rings is 4. The van der Waals surface area contributed by atoms with E-state index in [1.54, 1.807) is 24.3 Å². The number of azo groups is 1. The number of aromatic nitrogens is 1. The molecule has 0 radical (unpaired) electrons. The number of aromatic carboxylic acids is 1.